The van der Waals surface area contributed by atoms with E-state index in [0.29, 0.717) is 5.56 Å². The standard InChI is InChI=1S/C26H20O2/c27-26(24-18-16-21(17-19-24)20-10-4-1-5-11-20)28-25(22-12-6-2-7-13-22)23-14-8-3-9-15-23/h1-19,25H. The van der Waals surface area contributed by atoms with Crippen molar-refractivity contribution in [3.8, 4) is 11.1 Å². The molecule has 4 aromatic carbocycles. The van der Waals surface area contributed by atoms with Crippen molar-refractivity contribution in [2.45, 2.75) is 6.10 Å². The maximum atomic E-state index is 12.8. The lowest BCUT2D eigenvalue weighted by molar-refractivity contribution is 0.0378. The zero-order valence-electron chi connectivity index (χ0n) is 15.4. The van der Waals surface area contributed by atoms with E-state index in [1.54, 1.807) is 0 Å². The van der Waals surface area contributed by atoms with Crippen LogP contribution in [0, 0.1) is 0 Å². The van der Waals surface area contributed by atoms with Gasteiger partial charge in [-0.15, -0.1) is 0 Å². The predicted molar refractivity (Wildman–Crippen MR) is 112 cm³/mol. The summed E-state index contributed by atoms with van der Waals surface area (Å²) < 4.78 is 5.92. The number of ether oxygens (including phenoxy) is 1. The summed E-state index contributed by atoms with van der Waals surface area (Å²) in [5.41, 5.74) is 4.62. The molecule has 0 aromatic heterocycles. The van der Waals surface area contributed by atoms with Gasteiger partial charge in [-0.3, -0.25) is 0 Å². The van der Waals surface area contributed by atoms with Gasteiger partial charge < -0.3 is 4.74 Å². The second-order valence-electron chi connectivity index (χ2n) is 6.55. The van der Waals surface area contributed by atoms with E-state index in [2.05, 4.69) is 0 Å². The van der Waals surface area contributed by atoms with Gasteiger partial charge in [0.1, 0.15) is 0 Å². The third kappa shape index (κ3) is 4.02. The van der Waals surface area contributed by atoms with E-state index in [4.69, 9.17) is 4.74 Å². The molecule has 0 amide bonds. The molecule has 0 heterocycles. The summed E-state index contributed by atoms with van der Waals surface area (Å²) in [4.78, 5) is 12.8. The van der Waals surface area contributed by atoms with Crippen molar-refractivity contribution in [2.24, 2.45) is 0 Å². The van der Waals surface area contributed by atoms with Crippen molar-refractivity contribution in [1.29, 1.82) is 0 Å². The first-order chi connectivity index (χ1) is 13.8. The number of benzene rings is 4. The van der Waals surface area contributed by atoms with Crippen LogP contribution >= 0.6 is 0 Å². The Bertz CT molecular complexity index is 985. The molecule has 28 heavy (non-hydrogen) atoms. The Morgan fingerprint density at radius 3 is 1.46 bits per heavy atom. The third-order valence-corrected chi connectivity index (χ3v) is 4.66. The van der Waals surface area contributed by atoms with Crippen LogP contribution in [-0.4, -0.2) is 5.97 Å². The second kappa shape index (κ2) is 8.36. The van der Waals surface area contributed by atoms with E-state index < -0.39 is 6.10 Å². The van der Waals surface area contributed by atoms with E-state index in [9.17, 15) is 4.79 Å². The monoisotopic (exact) mass is 364 g/mol. The molecule has 0 aliphatic heterocycles. The predicted octanol–water partition coefficient (Wildman–Crippen LogP) is 6.30. The Hall–Kier alpha value is -3.65. The van der Waals surface area contributed by atoms with Crippen molar-refractivity contribution in [3.63, 3.8) is 0 Å². The molecule has 0 fully saturated rings. The van der Waals surface area contributed by atoms with Gasteiger partial charge >= 0.3 is 5.97 Å². The molecule has 0 radical (unpaired) electrons. The molecule has 0 atom stereocenters. The number of hydrogen-bond acceptors (Lipinski definition) is 2. The highest BCUT2D eigenvalue weighted by atomic mass is 16.5. The van der Waals surface area contributed by atoms with E-state index >= 15 is 0 Å². The highest BCUT2D eigenvalue weighted by molar-refractivity contribution is 5.90. The van der Waals surface area contributed by atoms with Gasteiger partial charge in [-0.25, -0.2) is 4.79 Å². The van der Waals surface area contributed by atoms with Crippen molar-refractivity contribution in [2.75, 3.05) is 0 Å². The van der Waals surface area contributed by atoms with Gasteiger partial charge in [0, 0.05) is 0 Å². The van der Waals surface area contributed by atoms with E-state index in [1.165, 1.54) is 0 Å². The summed E-state index contributed by atoms with van der Waals surface area (Å²) in [7, 11) is 0. The van der Waals surface area contributed by atoms with Crippen LogP contribution in [0.1, 0.15) is 27.6 Å². The molecule has 0 unspecified atom stereocenters. The summed E-state index contributed by atoms with van der Waals surface area (Å²) >= 11 is 0. The van der Waals surface area contributed by atoms with Crippen molar-refractivity contribution in [3.05, 3.63) is 132 Å². The van der Waals surface area contributed by atoms with Crippen molar-refractivity contribution >= 4 is 5.97 Å². The Morgan fingerprint density at radius 1 is 0.536 bits per heavy atom. The summed E-state index contributed by atoms with van der Waals surface area (Å²) in [6.45, 7) is 0. The summed E-state index contributed by atoms with van der Waals surface area (Å²) in [6, 6.07) is 37.2. The van der Waals surface area contributed by atoms with Gasteiger partial charge in [-0.05, 0) is 34.4 Å². The SMILES string of the molecule is O=C(OC(c1ccccc1)c1ccccc1)c1ccc(-c2ccccc2)cc1. The maximum absolute atomic E-state index is 12.8. The topological polar surface area (TPSA) is 26.3 Å². The lowest BCUT2D eigenvalue weighted by Gasteiger charge is -2.19. The highest BCUT2D eigenvalue weighted by Gasteiger charge is 2.19. The smallest absolute Gasteiger partial charge is 0.339 e. The average molecular weight is 364 g/mol. The minimum atomic E-state index is -0.441. The van der Waals surface area contributed by atoms with Crippen LogP contribution in [0.4, 0.5) is 0 Å². The van der Waals surface area contributed by atoms with Gasteiger partial charge in [-0.1, -0.05) is 103 Å². The fraction of sp³-hybridized carbons (Fsp3) is 0.0385. The minimum Gasteiger partial charge on any atom is -0.449 e. The molecule has 136 valence electrons. The lowest BCUT2D eigenvalue weighted by atomic mass is 10.0. The third-order valence-electron chi connectivity index (χ3n) is 4.66. The van der Waals surface area contributed by atoms with E-state index in [1.807, 2.05) is 115 Å². The number of hydrogen-bond donors (Lipinski definition) is 0. The molecule has 0 N–H and O–H groups in total. The first kappa shape index (κ1) is 17.7. The summed E-state index contributed by atoms with van der Waals surface area (Å²) in [5.74, 6) is -0.336. The Kier molecular flexibility index (Phi) is 5.30. The van der Waals surface area contributed by atoms with Crippen LogP contribution in [0.3, 0.4) is 0 Å². The lowest BCUT2D eigenvalue weighted by Crippen LogP contribution is -2.13. The summed E-state index contributed by atoms with van der Waals surface area (Å²) in [5, 5.41) is 0. The number of carbonyl (C=O) groups is 1. The van der Waals surface area contributed by atoms with E-state index in [-0.39, 0.29) is 5.97 Å². The van der Waals surface area contributed by atoms with Gasteiger partial charge in [0.2, 0.25) is 0 Å². The summed E-state index contributed by atoms with van der Waals surface area (Å²) in [6.07, 6.45) is -0.441. The molecule has 4 aromatic rings. The van der Waals surface area contributed by atoms with Crippen LogP contribution in [0.25, 0.3) is 11.1 Å². The van der Waals surface area contributed by atoms with Gasteiger partial charge in [0.05, 0.1) is 5.56 Å². The van der Waals surface area contributed by atoms with Crippen LogP contribution in [-0.2, 0) is 4.74 Å². The normalized spacial score (nSPS) is 10.6. The minimum absolute atomic E-state index is 0.336. The first-order valence-electron chi connectivity index (χ1n) is 9.27. The molecule has 0 saturated heterocycles. The Balaban J connectivity index is 1.58. The molecule has 2 heteroatoms. The molecule has 0 aliphatic rings. The molecule has 4 rings (SSSR count). The van der Waals surface area contributed by atoms with Crippen molar-refractivity contribution < 1.29 is 9.53 Å². The van der Waals surface area contributed by atoms with E-state index in [0.717, 1.165) is 22.3 Å². The molecule has 2 nitrogen and oxygen atoms in total. The zero-order valence-corrected chi connectivity index (χ0v) is 15.4. The fourth-order valence-corrected chi connectivity index (χ4v) is 3.19. The molecular weight excluding hydrogens is 344 g/mol. The molecule has 0 aliphatic carbocycles. The highest BCUT2D eigenvalue weighted by Crippen LogP contribution is 2.27. The van der Waals surface area contributed by atoms with Crippen LogP contribution in [0.2, 0.25) is 0 Å². The zero-order chi connectivity index (χ0) is 19.2. The maximum Gasteiger partial charge on any atom is 0.339 e. The van der Waals surface area contributed by atoms with Crippen LogP contribution in [0.15, 0.2) is 115 Å². The molecule has 0 bridgehead atoms. The Labute approximate surface area is 165 Å². The van der Waals surface area contributed by atoms with Crippen molar-refractivity contribution in [1.82, 2.24) is 0 Å². The first-order valence-corrected chi connectivity index (χ1v) is 9.27. The average Bonchev–Trinajstić information content (AvgIpc) is 2.79. The van der Waals surface area contributed by atoms with Gasteiger partial charge in [0.25, 0.3) is 0 Å². The molecule has 0 spiro atoms. The number of rotatable bonds is 5. The van der Waals surface area contributed by atoms with Crippen LogP contribution in [0.5, 0.6) is 0 Å². The molecular formula is C26H20O2. The second-order valence-corrected chi connectivity index (χ2v) is 6.55. The Morgan fingerprint density at radius 2 is 0.964 bits per heavy atom. The number of esters is 1. The van der Waals surface area contributed by atoms with Gasteiger partial charge in [0.15, 0.2) is 6.10 Å². The fourth-order valence-electron chi connectivity index (χ4n) is 3.19. The largest absolute Gasteiger partial charge is 0.449 e. The quantitative estimate of drug-likeness (QED) is 0.388. The number of carbonyl (C=O) groups excluding carboxylic acids is 1. The van der Waals surface area contributed by atoms with Gasteiger partial charge in [-0.2, -0.15) is 0 Å². The molecule has 0 saturated carbocycles. The van der Waals surface area contributed by atoms with Crippen LogP contribution < -0.4 is 0 Å².